The average molecular weight is 238 g/mol. The van der Waals surface area contributed by atoms with E-state index in [2.05, 4.69) is 20.8 Å². The first-order valence-corrected chi connectivity index (χ1v) is 5.99. The molecule has 0 aliphatic heterocycles. The lowest BCUT2D eigenvalue weighted by atomic mass is 9.87. The van der Waals surface area contributed by atoms with Crippen LogP contribution in [0.2, 0.25) is 0 Å². The summed E-state index contributed by atoms with van der Waals surface area (Å²) < 4.78 is 5.33. The van der Waals surface area contributed by atoms with Crippen molar-refractivity contribution in [1.29, 1.82) is 0 Å². The zero-order chi connectivity index (χ0) is 12.9. The number of aliphatic hydroxyl groups is 2. The lowest BCUT2D eigenvalue weighted by Gasteiger charge is -2.19. The first-order valence-electron chi connectivity index (χ1n) is 5.99. The van der Waals surface area contributed by atoms with Gasteiger partial charge in [0.2, 0.25) is 0 Å². The maximum absolute atomic E-state index is 9.53. The summed E-state index contributed by atoms with van der Waals surface area (Å²) in [7, 11) is 0. The van der Waals surface area contributed by atoms with Crippen LogP contribution in [-0.2, 0) is 5.41 Å². The van der Waals surface area contributed by atoms with Crippen molar-refractivity contribution in [3.05, 3.63) is 29.8 Å². The molecule has 0 heterocycles. The molecule has 1 rings (SSSR count). The molecule has 3 heteroatoms. The summed E-state index contributed by atoms with van der Waals surface area (Å²) in [6, 6.07) is 7.74. The lowest BCUT2D eigenvalue weighted by molar-refractivity contribution is -0.0268. The highest BCUT2D eigenvalue weighted by atomic mass is 16.6. The van der Waals surface area contributed by atoms with Crippen molar-refractivity contribution in [3.63, 3.8) is 0 Å². The summed E-state index contributed by atoms with van der Waals surface area (Å²) in [6.07, 6.45) is 0.140. The van der Waals surface area contributed by atoms with Crippen molar-refractivity contribution in [3.8, 4) is 5.75 Å². The Balaban J connectivity index is 2.56. The zero-order valence-electron chi connectivity index (χ0n) is 10.8. The smallest absolute Gasteiger partial charge is 0.197 e. The van der Waals surface area contributed by atoms with Crippen molar-refractivity contribution in [2.45, 2.75) is 45.3 Å². The van der Waals surface area contributed by atoms with E-state index in [4.69, 9.17) is 9.84 Å². The van der Waals surface area contributed by atoms with E-state index in [9.17, 15) is 5.11 Å². The van der Waals surface area contributed by atoms with Gasteiger partial charge < -0.3 is 14.9 Å². The first-order chi connectivity index (χ1) is 7.93. The van der Waals surface area contributed by atoms with Crippen molar-refractivity contribution >= 4 is 0 Å². The van der Waals surface area contributed by atoms with E-state index in [0.717, 1.165) is 0 Å². The van der Waals surface area contributed by atoms with Crippen LogP contribution in [0.5, 0.6) is 5.75 Å². The molecule has 1 unspecified atom stereocenters. The van der Waals surface area contributed by atoms with E-state index in [1.54, 1.807) is 0 Å². The number of aliphatic hydroxyl groups excluding tert-OH is 2. The molecule has 0 aromatic heterocycles. The molecule has 0 bridgehead atoms. The zero-order valence-corrected chi connectivity index (χ0v) is 10.8. The summed E-state index contributed by atoms with van der Waals surface area (Å²) in [6.45, 7) is 6.53. The lowest BCUT2D eigenvalue weighted by Crippen LogP contribution is -2.16. The summed E-state index contributed by atoms with van der Waals surface area (Å²) in [4.78, 5) is 0. The Morgan fingerprint density at radius 2 is 1.76 bits per heavy atom. The van der Waals surface area contributed by atoms with Gasteiger partial charge in [0, 0.05) is 13.0 Å². The number of hydrogen-bond donors (Lipinski definition) is 2. The van der Waals surface area contributed by atoms with Crippen molar-refractivity contribution < 1.29 is 14.9 Å². The van der Waals surface area contributed by atoms with Crippen molar-refractivity contribution in [2.24, 2.45) is 0 Å². The molecule has 1 atom stereocenters. The summed E-state index contributed by atoms with van der Waals surface area (Å²) in [5, 5.41) is 18.2. The van der Waals surface area contributed by atoms with Crippen LogP contribution in [0, 0.1) is 0 Å². The van der Waals surface area contributed by atoms with Gasteiger partial charge in [0.1, 0.15) is 5.75 Å². The van der Waals surface area contributed by atoms with Crippen LogP contribution < -0.4 is 4.74 Å². The summed E-state index contributed by atoms with van der Waals surface area (Å²) >= 11 is 0. The van der Waals surface area contributed by atoms with E-state index in [0.29, 0.717) is 18.6 Å². The van der Waals surface area contributed by atoms with E-state index >= 15 is 0 Å². The third-order valence-corrected chi connectivity index (χ3v) is 2.60. The highest BCUT2D eigenvalue weighted by molar-refractivity contribution is 5.31. The monoisotopic (exact) mass is 238 g/mol. The van der Waals surface area contributed by atoms with Gasteiger partial charge in [-0.15, -0.1) is 0 Å². The molecule has 2 N–H and O–H groups in total. The predicted octanol–water partition coefficient (Wildman–Crippen LogP) is 2.45. The molecule has 0 radical (unpaired) electrons. The Hall–Kier alpha value is -1.06. The second kappa shape index (κ2) is 6.03. The quantitative estimate of drug-likeness (QED) is 0.775. The van der Waals surface area contributed by atoms with Crippen LogP contribution in [0.25, 0.3) is 0 Å². The second-order valence-electron chi connectivity index (χ2n) is 5.21. The molecule has 17 heavy (non-hydrogen) atoms. The van der Waals surface area contributed by atoms with Gasteiger partial charge in [-0.2, -0.15) is 0 Å². The predicted molar refractivity (Wildman–Crippen MR) is 68.1 cm³/mol. The number of ether oxygens (including phenoxy) is 1. The average Bonchev–Trinajstić information content (AvgIpc) is 2.26. The maximum Gasteiger partial charge on any atom is 0.197 e. The van der Waals surface area contributed by atoms with Crippen LogP contribution in [0.3, 0.4) is 0 Å². The fourth-order valence-corrected chi connectivity index (χ4v) is 1.52. The minimum absolute atomic E-state index is 0.0728. The molecule has 1 aromatic rings. The Bertz CT molecular complexity index is 324. The molecule has 0 saturated heterocycles. The standard InChI is InChI=1S/C14H22O3/c1-14(2,3)11-6-8-12(9-7-11)17-13(16)5-4-10-15/h6-9,13,15-16H,4-5,10H2,1-3H3. The van der Waals surface area contributed by atoms with Gasteiger partial charge in [-0.05, 0) is 29.5 Å². The summed E-state index contributed by atoms with van der Waals surface area (Å²) in [5.74, 6) is 0.656. The van der Waals surface area contributed by atoms with Gasteiger partial charge in [0.25, 0.3) is 0 Å². The van der Waals surface area contributed by atoms with Gasteiger partial charge in [-0.3, -0.25) is 0 Å². The minimum Gasteiger partial charge on any atom is -0.465 e. The molecule has 3 nitrogen and oxygen atoms in total. The molecule has 0 spiro atoms. The number of benzene rings is 1. The molecule has 0 aliphatic carbocycles. The van der Waals surface area contributed by atoms with Crippen LogP contribution in [0.1, 0.15) is 39.2 Å². The van der Waals surface area contributed by atoms with Crippen LogP contribution in [-0.4, -0.2) is 23.1 Å². The fraction of sp³-hybridized carbons (Fsp3) is 0.571. The number of rotatable bonds is 5. The highest BCUT2D eigenvalue weighted by Crippen LogP contribution is 2.24. The van der Waals surface area contributed by atoms with E-state index in [1.807, 2.05) is 24.3 Å². The van der Waals surface area contributed by atoms with Crippen molar-refractivity contribution in [2.75, 3.05) is 6.61 Å². The molecular weight excluding hydrogens is 216 g/mol. The van der Waals surface area contributed by atoms with Crippen LogP contribution in [0.15, 0.2) is 24.3 Å². The molecular formula is C14H22O3. The normalized spacial score (nSPS) is 13.5. The molecule has 1 aromatic carbocycles. The molecule has 0 fully saturated rings. The van der Waals surface area contributed by atoms with Gasteiger partial charge in [0.15, 0.2) is 6.29 Å². The van der Waals surface area contributed by atoms with E-state index < -0.39 is 6.29 Å². The molecule has 0 aliphatic rings. The van der Waals surface area contributed by atoms with E-state index in [1.165, 1.54) is 5.56 Å². The van der Waals surface area contributed by atoms with Gasteiger partial charge in [0.05, 0.1) is 0 Å². The first kappa shape index (κ1) is 14.0. The third kappa shape index (κ3) is 4.75. The molecule has 96 valence electrons. The Kier molecular flexibility index (Phi) is 4.97. The number of hydrogen-bond acceptors (Lipinski definition) is 3. The molecule has 0 amide bonds. The largest absolute Gasteiger partial charge is 0.465 e. The van der Waals surface area contributed by atoms with E-state index in [-0.39, 0.29) is 12.0 Å². The Labute approximate surface area is 103 Å². The highest BCUT2D eigenvalue weighted by Gasteiger charge is 2.13. The van der Waals surface area contributed by atoms with Crippen LogP contribution >= 0.6 is 0 Å². The maximum atomic E-state index is 9.53. The SMILES string of the molecule is CC(C)(C)c1ccc(OC(O)CCCO)cc1. The topological polar surface area (TPSA) is 49.7 Å². The Morgan fingerprint density at radius 3 is 2.24 bits per heavy atom. The summed E-state index contributed by atoms with van der Waals surface area (Å²) in [5.41, 5.74) is 1.35. The van der Waals surface area contributed by atoms with Gasteiger partial charge >= 0.3 is 0 Å². The second-order valence-corrected chi connectivity index (χ2v) is 5.21. The fourth-order valence-electron chi connectivity index (χ4n) is 1.52. The van der Waals surface area contributed by atoms with Gasteiger partial charge in [-0.1, -0.05) is 32.9 Å². The third-order valence-electron chi connectivity index (χ3n) is 2.60. The molecule has 0 saturated carbocycles. The van der Waals surface area contributed by atoms with Crippen molar-refractivity contribution in [1.82, 2.24) is 0 Å². The van der Waals surface area contributed by atoms with Gasteiger partial charge in [-0.25, -0.2) is 0 Å². The Morgan fingerprint density at radius 1 is 1.18 bits per heavy atom. The van der Waals surface area contributed by atoms with Crippen LogP contribution in [0.4, 0.5) is 0 Å². The minimum atomic E-state index is -0.845.